The number of amides is 2. The highest BCUT2D eigenvalue weighted by atomic mass is 79.9. The summed E-state index contributed by atoms with van der Waals surface area (Å²) in [6.07, 6.45) is 5.35. The van der Waals surface area contributed by atoms with Gasteiger partial charge in [-0.05, 0) is 73.7 Å². The van der Waals surface area contributed by atoms with E-state index in [1.807, 2.05) is 80.6 Å². The Morgan fingerprint density at radius 2 is 1.49 bits per heavy atom. The molecule has 1 aliphatic carbocycles. The van der Waals surface area contributed by atoms with Crippen LogP contribution < -0.4 is 9.62 Å². The van der Waals surface area contributed by atoms with E-state index in [2.05, 4.69) is 21.2 Å². The van der Waals surface area contributed by atoms with Crippen LogP contribution in [0.1, 0.15) is 54.4 Å². The van der Waals surface area contributed by atoms with Gasteiger partial charge in [-0.25, -0.2) is 8.42 Å². The zero-order chi connectivity index (χ0) is 33.4. The summed E-state index contributed by atoms with van der Waals surface area (Å²) in [4.78, 5) is 30.6. The average molecular weight is 717 g/mol. The minimum atomic E-state index is -4.15. The van der Waals surface area contributed by atoms with Gasteiger partial charge in [-0.2, -0.15) is 0 Å². The summed E-state index contributed by atoms with van der Waals surface area (Å²) in [5.41, 5.74) is 3.78. The number of carbonyl (C=O) groups excluding carboxylic acids is 2. The number of halogens is 1. The Labute approximate surface area is 287 Å². The van der Waals surface area contributed by atoms with Crippen molar-refractivity contribution in [2.24, 2.45) is 0 Å². The van der Waals surface area contributed by atoms with Gasteiger partial charge in [0.1, 0.15) is 12.6 Å². The lowest BCUT2D eigenvalue weighted by Gasteiger charge is -2.35. The van der Waals surface area contributed by atoms with Crippen molar-refractivity contribution in [2.45, 2.75) is 75.9 Å². The van der Waals surface area contributed by atoms with Crippen molar-refractivity contribution in [3.63, 3.8) is 0 Å². The van der Waals surface area contributed by atoms with Crippen LogP contribution in [-0.4, -0.2) is 43.8 Å². The van der Waals surface area contributed by atoms with Gasteiger partial charge in [-0.3, -0.25) is 13.9 Å². The van der Waals surface area contributed by atoms with Crippen LogP contribution in [-0.2, 0) is 32.6 Å². The van der Waals surface area contributed by atoms with E-state index in [0.29, 0.717) is 11.3 Å². The zero-order valence-corrected chi connectivity index (χ0v) is 29.3. The number of nitrogens with zero attached hydrogens (tertiary/aromatic N) is 2. The fourth-order valence-electron chi connectivity index (χ4n) is 6.12. The fraction of sp³-hybridized carbons (Fsp3) is 0.316. The monoisotopic (exact) mass is 715 g/mol. The molecule has 4 aromatic carbocycles. The van der Waals surface area contributed by atoms with Crippen molar-refractivity contribution in [3.8, 4) is 0 Å². The lowest BCUT2D eigenvalue weighted by atomic mass is 9.94. The molecule has 2 amide bonds. The van der Waals surface area contributed by atoms with Gasteiger partial charge in [0.05, 0.1) is 10.6 Å². The molecule has 0 heterocycles. The van der Waals surface area contributed by atoms with Gasteiger partial charge in [0.2, 0.25) is 11.8 Å². The summed E-state index contributed by atoms with van der Waals surface area (Å²) in [5.74, 6) is -0.698. The Morgan fingerprint density at radius 3 is 2.17 bits per heavy atom. The quantitative estimate of drug-likeness (QED) is 0.166. The second-order valence-corrected chi connectivity index (χ2v) is 15.1. The molecule has 0 aromatic heterocycles. The first-order chi connectivity index (χ1) is 22.6. The number of para-hydroxylation sites is 1. The van der Waals surface area contributed by atoms with Crippen LogP contribution >= 0.6 is 15.9 Å². The molecule has 9 heteroatoms. The SMILES string of the molecule is Cc1ccc(S(=O)(=O)N(CC(=O)N(Cc2cccc(Br)c2)[C@H](Cc2ccccc2)C(=O)NC2CCCCC2)c2ccccc2C)cc1. The lowest BCUT2D eigenvalue weighted by molar-refractivity contribution is -0.140. The largest absolute Gasteiger partial charge is 0.352 e. The number of sulfonamides is 1. The number of anilines is 1. The normalized spacial score (nSPS) is 14.3. The highest BCUT2D eigenvalue weighted by Gasteiger charge is 2.35. The number of hydrogen-bond acceptors (Lipinski definition) is 4. The molecule has 0 aliphatic heterocycles. The molecule has 5 rings (SSSR count). The average Bonchev–Trinajstić information content (AvgIpc) is 3.06. The number of rotatable bonds is 12. The number of aryl methyl sites for hydroxylation is 2. The van der Waals surface area contributed by atoms with Crippen molar-refractivity contribution >= 4 is 43.5 Å². The number of hydrogen-bond donors (Lipinski definition) is 1. The summed E-state index contributed by atoms with van der Waals surface area (Å²) in [7, 11) is -4.15. The first-order valence-electron chi connectivity index (χ1n) is 16.1. The van der Waals surface area contributed by atoms with Gasteiger partial charge in [0.15, 0.2) is 0 Å². The maximum atomic E-state index is 14.7. The highest BCUT2D eigenvalue weighted by molar-refractivity contribution is 9.10. The molecule has 1 aliphatic rings. The highest BCUT2D eigenvalue weighted by Crippen LogP contribution is 2.28. The van der Waals surface area contributed by atoms with Crippen LogP contribution in [0.25, 0.3) is 0 Å². The summed E-state index contributed by atoms with van der Waals surface area (Å²) in [5, 5.41) is 3.25. The third-order valence-corrected chi connectivity index (χ3v) is 11.0. The van der Waals surface area contributed by atoms with Gasteiger partial charge in [-0.1, -0.05) is 114 Å². The molecule has 7 nitrogen and oxygen atoms in total. The van der Waals surface area contributed by atoms with Gasteiger partial charge >= 0.3 is 0 Å². The molecule has 0 spiro atoms. The summed E-state index contributed by atoms with van der Waals surface area (Å²) >= 11 is 3.54. The first kappa shape index (κ1) is 34.4. The van der Waals surface area contributed by atoms with Crippen molar-refractivity contribution < 1.29 is 18.0 Å². The molecule has 1 saturated carbocycles. The van der Waals surface area contributed by atoms with Gasteiger partial charge in [0.25, 0.3) is 10.0 Å². The molecule has 1 fully saturated rings. The molecule has 1 atom stereocenters. The zero-order valence-electron chi connectivity index (χ0n) is 26.9. The topological polar surface area (TPSA) is 86.8 Å². The van der Waals surface area contributed by atoms with Crippen LogP contribution in [0.5, 0.6) is 0 Å². The van der Waals surface area contributed by atoms with Crippen LogP contribution in [0, 0.1) is 13.8 Å². The molecular formula is C38H42BrN3O4S. The van der Waals surface area contributed by atoms with Crippen molar-refractivity contribution in [3.05, 3.63) is 130 Å². The van der Waals surface area contributed by atoms with Crippen molar-refractivity contribution in [1.29, 1.82) is 0 Å². The predicted octanol–water partition coefficient (Wildman–Crippen LogP) is 7.35. The number of benzene rings is 4. The third-order valence-electron chi connectivity index (χ3n) is 8.74. The molecule has 0 unspecified atom stereocenters. The molecule has 246 valence electrons. The summed E-state index contributed by atoms with van der Waals surface area (Å²) in [6.45, 7) is 3.37. The van der Waals surface area contributed by atoms with Gasteiger partial charge in [-0.15, -0.1) is 0 Å². The fourth-order valence-corrected chi connectivity index (χ4v) is 8.05. The standard InChI is InChI=1S/C38H42BrN3O4S/c1-28-20-22-34(23-21-28)47(45,46)42(35-19-10-9-12-29(35)2)27-37(43)41(26-31-15-11-16-32(39)24-31)36(25-30-13-5-3-6-14-30)38(44)40-33-17-7-4-8-18-33/h3,5-6,9-16,19-24,33,36H,4,7-8,17-18,25-27H2,1-2H3,(H,40,44)/t36-/m1/s1. The Bertz CT molecular complexity index is 1770. The maximum Gasteiger partial charge on any atom is 0.264 e. The van der Waals surface area contributed by atoms with E-state index in [1.165, 1.54) is 4.31 Å². The smallest absolute Gasteiger partial charge is 0.264 e. The summed E-state index contributed by atoms with van der Waals surface area (Å²) < 4.78 is 30.6. The van der Waals surface area contributed by atoms with E-state index in [0.717, 1.165) is 53.3 Å². The Kier molecular flexibility index (Phi) is 11.5. The third kappa shape index (κ3) is 8.90. The second-order valence-electron chi connectivity index (χ2n) is 12.3. The van der Waals surface area contributed by atoms with Crippen molar-refractivity contribution in [1.82, 2.24) is 10.2 Å². The van der Waals surface area contributed by atoms with Crippen LogP contribution in [0.4, 0.5) is 5.69 Å². The second kappa shape index (κ2) is 15.8. The molecule has 4 aromatic rings. The van der Waals surface area contributed by atoms with E-state index in [-0.39, 0.29) is 29.8 Å². The predicted molar refractivity (Wildman–Crippen MR) is 191 cm³/mol. The molecule has 47 heavy (non-hydrogen) atoms. The Balaban J connectivity index is 1.57. The Hall–Kier alpha value is -3.95. The summed E-state index contributed by atoms with van der Waals surface area (Å²) in [6, 6.07) is 30.2. The minimum absolute atomic E-state index is 0.0442. The molecule has 0 bridgehead atoms. The molecule has 1 N–H and O–H groups in total. The molecule has 0 radical (unpaired) electrons. The van der Waals surface area contributed by atoms with Crippen LogP contribution in [0.3, 0.4) is 0 Å². The van der Waals surface area contributed by atoms with Crippen molar-refractivity contribution in [2.75, 3.05) is 10.8 Å². The van der Waals surface area contributed by atoms with E-state index < -0.39 is 28.5 Å². The molecule has 0 saturated heterocycles. The molecular weight excluding hydrogens is 674 g/mol. The number of nitrogens with one attached hydrogen (secondary N) is 1. The van der Waals surface area contributed by atoms with E-state index in [1.54, 1.807) is 41.3 Å². The lowest BCUT2D eigenvalue weighted by Crippen LogP contribution is -2.55. The van der Waals surface area contributed by atoms with Gasteiger partial charge < -0.3 is 10.2 Å². The van der Waals surface area contributed by atoms with E-state index in [4.69, 9.17) is 0 Å². The first-order valence-corrected chi connectivity index (χ1v) is 18.4. The Morgan fingerprint density at radius 1 is 0.830 bits per heavy atom. The van der Waals surface area contributed by atoms with Gasteiger partial charge in [0, 0.05) is 23.5 Å². The van der Waals surface area contributed by atoms with Crippen LogP contribution in [0.2, 0.25) is 0 Å². The van der Waals surface area contributed by atoms with E-state index >= 15 is 0 Å². The maximum absolute atomic E-state index is 14.7. The number of carbonyl (C=O) groups is 2. The van der Waals surface area contributed by atoms with Crippen LogP contribution in [0.15, 0.2) is 112 Å². The van der Waals surface area contributed by atoms with E-state index in [9.17, 15) is 18.0 Å². The minimum Gasteiger partial charge on any atom is -0.352 e.